The molecule has 0 bridgehead atoms. The third-order valence-corrected chi connectivity index (χ3v) is 10.0. The predicted octanol–water partition coefficient (Wildman–Crippen LogP) is 4.13. The quantitative estimate of drug-likeness (QED) is 0.450. The highest BCUT2D eigenvalue weighted by Crippen LogP contribution is 2.35. The van der Waals surface area contributed by atoms with Gasteiger partial charge in [-0.3, -0.25) is 10.2 Å². The Bertz CT molecular complexity index is 985. The summed E-state index contributed by atoms with van der Waals surface area (Å²) in [6.45, 7) is 8.85. The fourth-order valence-electron chi connectivity index (χ4n) is 4.32. The molecule has 0 spiro atoms. The van der Waals surface area contributed by atoms with Gasteiger partial charge in [0.2, 0.25) is 0 Å². The van der Waals surface area contributed by atoms with Crippen molar-refractivity contribution in [3.8, 4) is 0 Å². The van der Waals surface area contributed by atoms with Crippen molar-refractivity contribution < 1.29 is 14.3 Å². The van der Waals surface area contributed by atoms with Crippen LogP contribution < -0.4 is 5.43 Å². The van der Waals surface area contributed by atoms with Crippen molar-refractivity contribution in [1.82, 2.24) is 30.5 Å². The van der Waals surface area contributed by atoms with Crippen molar-refractivity contribution in [1.29, 1.82) is 0 Å². The highest BCUT2D eigenvalue weighted by atomic mass is 32.1. The Balaban J connectivity index is 1.43. The smallest absolute Gasteiger partial charge is 0.428 e. The normalized spacial score (nSPS) is 21.1. The fraction of sp³-hybridized carbons (Fsp3) is 0.682. The van der Waals surface area contributed by atoms with Gasteiger partial charge in [-0.2, -0.15) is 0 Å². The van der Waals surface area contributed by atoms with E-state index < -0.39 is 14.2 Å². The Morgan fingerprint density at radius 3 is 2.71 bits per heavy atom. The molecule has 12 heteroatoms. The van der Waals surface area contributed by atoms with Crippen LogP contribution in [0.1, 0.15) is 57.0 Å². The van der Waals surface area contributed by atoms with E-state index in [1.165, 1.54) is 16.3 Å². The molecule has 0 radical (unpaired) electrons. The van der Waals surface area contributed by atoms with E-state index in [1.54, 1.807) is 16.8 Å². The van der Waals surface area contributed by atoms with Crippen molar-refractivity contribution in [3.63, 3.8) is 0 Å². The minimum Gasteiger partial charge on any atom is -0.448 e. The lowest BCUT2D eigenvalue weighted by Gasteiger charge is -2.35. The second-order valence-corrected chi connectivity index (χ2v) is 18.0. The molecule has 0 atom stereocenters. The number of aromatic nitrogens is 3. The third kappa shape index (κ3) is 6.40. The summed E-state index contributed by atoms with van der Waals surface area (Å²) in [5.41, 5.74) is 5.62. The van der Waals surface area contributed by atoms with E-state index in [0.29, 0.717) is 17.5 Å². The van der Waals surface area contributed by atoms with Crippen molar-refractivity contribution in [2.45, 2.75) is 76.3 Å². The van der Waals surface area contributed by atoms with Crippen LogP contribution in [-0.4, -0.2) is 71.4 Å². The first kappa shape index (κ1) is 25.2. The fourth-order valence-corrected chi connectivity index (χ4v) is 6.84. The van der Waals surface area contributed by atoms with Gasteiger partial charge >= 0.3 is 6.09 Å². The maximum Gasteiger partial charge on any atom is 0.428 e. The summed E-state index contributed by atoms with van der Waals surface area (Å²) in [6, 6.07) is 0.769. The topological polar surface area (TPSA) is 101 Å². The molecule has 1 N–H and O–H groups in total. The van der Waals surface area contributed by atoms with Crippen LogP contribution >= 0.6 is 22.7 Å². The van der Waals surface area contributed by atoms with Gasteiger partial charge in [-0.05, 0) is 38.8 Å². The van der Waals surface area contributed by atoms with E-state index in [1.807, 2.05) is 0 Å². The molecule has 2 aromatic rings. The zero-order valence-corrected chi connectivity index (χ0v) is 23.0. The summed E-state index contributed by atoms with van der Waals surface area (Å²) < 4.78 is 5.63. The number of likely N-dealkylation sites (N-methyl/N-ethyl adjacent to an activating group) is 1. The van der Waals surface area contributed by atoms with Crippen LogP contribution in [0.5, 0.6) is 0 Å². The highest BCUT2D eigenvalue weighted by molar-refractivity contribution is 7.13. The summed E-state index contributed by atoms with van der Waals surface area (Å²) in [5.74, 6) is 0.0161. The molecule has 2 aromatic heterocycles. The van der Waals surface area contributed by atoms with E-state index >= 15 is 0 Å². The van der Waals surface area contributed by atoms with Crippen LogP contribution in [0.2, 0.25) is 25.7 Å². The highest BCUT2D eigenvalue weighted by Gasteiger charge is 2.34. The van der Waals surface area contributed by atoms with E-state index in [9.17, 15) is 9.59 Å². The van der Waals surface area contributed by atoms with Crippen molar-refractivity contribution in [3.05, 3.63) is 26.1 Å². The van der Waals surface area contributed by atoms with Crippen molar-refractivity contribution >= 4 is 42.7 Å². The van der Waals surface area contributed by atoms with E-state index in [0.717, 1.165) is 66.8 Å². The van der Waals surface area contributed by atoms with Crippen molar-refractivity contribution in [2.75, 3.05) is 20.2 Å². The number of carbonyl (C=O) groups excluding carboxylic acids is 2. The van der Waals surface area contributed by atoms with Gasteiger partial charge in [0.25, 0.3) is 5.91 Å². The largest absolute Gasteiger partial charge is 0.448 e. The lowest BCUT2D eigenvalue weighted by atomic mass is 9.86. The molecule has 9 nitrogen and oxygen atoms in total. The maximum absolute atomic E-state index is 13.1. The van der Waals surface area contributed by atoms with Crippen LogP contribution in [0.15, 0.2) is 5.51 Å². The Morgan fingerprint density at radius 2 is 2.03 bits per heavy atom. The van der Waals surface area contributed by atoms with Gasteiger partial charge < -0.3 is 9.64 Å². The minimum atomic E-state index is -1.34. The first-order valence-corrected chi connectivity index (χ1v) is 17.3. The number of ether oxygens (including phenoxy) is 1. The monoisotopic (exact) mass is 522 g/mol. The average Bonchev–Trinajstić information content (AvgIpc) is 3.46. The molecular weight excluding hydrogens is 489 g/mol. The molecule has 186 valence electrons. The predicted molar refractivity (Wildman–Crippen MR) is 136 cm³/mol. The van der Waals surface area contributed by atoms with Gasteiger partial charge in [0, 0.05) is 38.4 Å². The van der Waals surface area contributed by atoms with Crippen LogP contribution in [0, 0.1) is 0 Å². The molecule has 0 aromatic carbocycles. The Labute approximate surface area is 209 Å². The zero-order valence-electron chi connectivity index (χ0n) is 20.4. The summed E-state index contributed by atoms with van der Waals surface area (Å²) >= 11 is 2.99. The second kappa shape index (κ2) is 10.8. The number of fused-ring (bicyclic) bond motifs is 1. The SMILES string of the molecule is CN1CCc2nc(C(=O)NN(C(=O)OCC[Si](C)(C)C)C3CCC(c4nncs4)CC3)sc2C1. The Hall–Kier alpha value is -1.89. The Morgan fingerprint density at radius 1 is 1.26 bits per heavy atom. The number of amides is 2. The zero-order chi connectivity index (χ0) is 24.3. The van der Waals surface area contributed by atoms with Crippen LogP contribution in [0.4, 0.5) is 4.79 Å². The number of hydrazine groups is 1. The number of nitrogens with zero attached hydrogens (tertiary/aromatic N) is 5. The molecule has 1 saturated carbocycles. The maximum atomic E-state index is 13.1. The van der Waals surface area contributed by atoms with E-state index in [4.69, 9.17) is 4.74 Å². The Kier molecular flexibility index (Phi) is 8.00. The van der Waals surface area contributed by atoms with Gasteiger partial charge in [-0.1, -0.05) is 19.6 Å². The number of rotatable bonds is 6. The molecule has 1 fully saturated rings. The van der Waals surface area contributed by atoms with Crippen molar-refractivity contribution in [2.24, 2.45) is 0 Å². The van der Waals surface area contributed by atoms with Gasteiger partial charge in [0.05, 0.1) is 18.3 Å². The van der Waals surface area contributed by atoms with Gasteiger partial charge in [0.1, 0.15) is 10.5 Å². The van der Waals surface area contributed by atoms with Crippen LogP contribution in [-0.2, 0) is 17.7 Å². The lowest BCUT2D eigenvalue weighted by molar-refractivity contribution is 0.0435. The number of carbonyl (C=O) groups is 2. The number of hydrogen-bond acceptors (Lipinski definition) is 9. The molecule has 4 rings (SSSR count). The summed E-state index contributed by atoms with van der Waals surface area (Å²) in [6.07, 6.45) is 3.69. The van der Waals surface area contributed by atoms with Gasteiger partial charge in [-0.15, -0.1) is 32.9 Å². The first-order chi connectivity index (χ1) is 16.2. The minimum absolute atomic E-state index is 0.117. The van der Waals surface area contributed by atoms with E-state index in [2.05, 4.69) is 52.2 Å². The first-order valence-electron chi connectivity index (χ1n) is 11.9. The third-order valence-electron chi connectivity index (χ3n) is 6.40. The molecule has 3 heterocycles. The number of nitrogens with one attached hydrogen (secondary N) is 1. The molecule has 0 unspecified atom stereocenters. The molecule has 34 heavy (non-hydrogen) atoms. The summed E-state index contributed by atoms with van der Waals surface area (Å²) in [4.78, 5) is 34.2. The molecule has 2 amide bonds. The molecule has 1 aliphatic carbocycles. The molecule has 2 aliphatic rings. The summed E-state index contributed by atoms with van der Waals surface area (Å²) in [7, 11) is 0.726. The van der Waals surface area contributed by atoms with Gasteiger partial charge in [-0.25, -0.2) is 14.8 Å². The average molecular weight is 523 g/mol. The van der Waals surface area contributed by atoms with E-state index in [-0.39, 0.29) is 11.9 Å². The molecule has 0 saturated heterocycles. The van der Waals surface area contributed by atoms with Crippen LogP contribution in [0.25, 0.3) is 0 Å². The molecular formula is C22H34N6O3S2Si. The molecule has 1 aliphatic heterocycles. The van der Waals surface area contributed by atoms with Crippen LogP contribution in [0.3, 0.4) is 0 Å². The lowest BCUT2D eigenvalue weighted by Crippen LogP contribution is -2.53. The van der Waals surface area contributed by atoms with Gasteiger partial charge in [0.15, 0.2) is 5.01 Å². The second-order valence-electron chi connectivity index (χ2n) is 10.4. The summed E-state index contributed by atoms with van der Waals surface area (Å²) in [5, 5.41) is 11.1. The standard InChI is InChI=1S/C22H34N6O3S2Si/c1-27-10-9-17-18(13-27)33-21(24-17)19(29)26-28(22(30)31-11-12-34(2,3)4)16-7-5-15(6-8-16)20-25-23-14-32-20/h14-16H,5-13H2,1-4H3,(H,26,29). The number of hydrogen-bond donors (Lipinski definition) is 1. The number of thiazole rings is 1.